The lowest BCUT2D eigenvalue weighted by molar-refractivity contribution is -0.121. The molecule has 3 aromatic rings. The zero-order valence-corrected chi connectivity index (χ0v) is 16.3. The molecule has 0 aliphatic rings. The molecule has 5 heteroatoms. The van der Waals surface area contributed by atoms with E-state index in [1.54, 1.807) is 0 Å². The second-order valence-corrected chi connectivity index (χ2v) is 7.36. The highest BCUT2D eigenvalue weighted by atomic mass is 32.1. The van der Waals surface area contributed by atoms with E-state index in [2.05, 4.69) is 11.1 Å². The van der Waals surface area contributed by atoms with E-state index in [0.717, 1.165) is 22.4 Å². The van der Waals surface area contributed by atoms with Crippen molar-refractivity contribution in [3.8, 4) is 23.1 Å². The maximum absolute atomic E-state index is 12.6. The summed E-state index contributed by atoms with van der Waals surface area (Å²) < 4.78 is 5.71. The van der Waals surface area contributed by atoms with Gasteiger partial charge in [-0.25, -0.2) is 4.98 Å². The van der Waals surface area contributed by atoms with E-state index in [1.807, 2.05) is 68.6 Å². The first-order valence-electron chi connectivity index (χ1n) is 8.63. The van der Waals surface area contributed by atoms with Crippen LogP contribution in [0.25, 0.3) is 11.3 Å². The number of hydrogen-bond acceptors (Lipinski definition) is 5. The average molecular weight is 376 g/mol. The summed E-state index contributed by atoms with van der Waals surface area (Å²) in [5.74, 6) is -0.509. The Morgan fingerprint density at radius 2 is 1.81 bits per heavy atom. The van der Waals surface area contributed by atoms with Gasteiger partial charge in [0.2, 0.25) is 0 Å². The summed E-state index contributed by atoms with van der Waals surface area (Å²) in [5.41, 5.74) is 4.85. The molecule has 0 aliphatic carbocycles. The van der Waals surface area contributed by atoms with Crippen molar-refractivity contribution in [2.45, 2.75) is 26.7 Å². The maximum Gasteiger partial charge on any atom is 0.194 e. The first kappa shape index (κ1) is 18.8. The molecule has 1 unspecified atom stereocenters. The molecule has 4 nitrogen and oxygen atoms in total. The Morgan fingerprint density at radius 1 is 1.15 bits per heavy atom. The molecular weight excluding hydrogens is 356 g/mol. The number of nitrogens with zero attached hydrogens (tertiary/aromatic N) is 2. The average Bonchev–Trinajstić information content (AvgIpc) is 3.12. The van der Waals surface area contributed by atoms with Crippen LogP contribution >= 0.6 is 11.3 Å². The molecule has 0 saturated carbocycles. The van der Waals surface area contributed by atoms with Gasteiger partial charge in [0.1, 0.15) is 17.4 Å². The summed E-state index contributed by atoms with van der Waals surface area (Å²) in [6, 6.07) is 15.9. The van der Waals surface area contributed by atoms with Crippen LogP contribution in [0.3, 0.4) is 0 Å². The van der Waals surface area contributed by atoms with Crippen LogP contribution in [0.15, 0.2) is 47.8 Å². The van der Waals surface area contributed by atoms with Crippen LogP contribution < -0.4 is 4.74 Å². The second kappa shape index (κ2) is 8.15. The molecule has 136 valence electrons. The van der Waals surface area contributed by atoms with Crippen LogP contribution in [0.5, 0.6) is 5.75 Å². The normalized spacial score (nSPS) is 11.6. The molecule has 0 aliphatic heterocycles. The van der Waals surface area contributed by atoms with Crippen LogP contribution in [0.4, 0.5) is 0 Å². The van der Waals surface area contributed by atoms with Gasteiger partial charge in [-0.1, -0.05) is 48.0 Å². The summed E-state index contributed by atoms with van der Waals surface area (Å²) in [5, 5.41) is 11.9. The molecule has 1 aromatic heterocycles. The minimum Gasteiger partial charge on any atom is -0.485 e. The van der Waals surface area contributed by atoms with Gasteiger partial charge in [-0.3, -0.25) is 4.79 Å². The van der Waals surface area contributed by atoms with E-state index >= 15 is 0 Å². The Labute approximate surface area is 163 Å². The van der Waals surface area contributed by atoms with Crippen LogP contribution in [0, 0.1) is 32.1 Å². The molecule has 0 bridgehead atoms. The van der Waals surface area contributed by atoms with Crippen molar-refractivity contribution >= 4 is 17.1 Å². The summed E-state index contributed by atoms with van der Waals surface area (Å²) in [6.07, 6.45) is 0. The van der Waals surface area contributed by atoms with Gasteiger partial charge >= 0.3 is 0 Å². The number of carbonyl (C=O) groups excluding carboxylic acids is 1. The number of aromatic nitrogens is 1. The van der Waals surface area contributed by atoms with E-state index in [1.165, 1.54) is 16.9 Å². The third-order valence-electron chi connectivity index (χ3n) is 4.33. The van der Waals surface area contributed by atoms with Crippen molar-refractivity contribution in [1.29, 1.82) is 5.26 Å². The van der Waals surface area contributed by atoms with E-state index in [4.69, 9.17) is 4.74 Å². The number of nitriles is 1. The molecule has 0 radical (unpaired) electrons. The highest BCUT2D eigenvalue weighted by molar-refractivity contribution is 7.10. The minimum absolute atomic E-state index is 0.149. The molecule has 1 atom stereocenters. The summed E-state index contributed by atoms with van der Waals surface area (Å²) >= 11 is 1.33. The predicted molar refractivity (Wildman–Crippen MR) is 107 cm³/mol. The Bertz CT molecular complexity index is 980. The lowest BCUT2D eigenvalue weighted by Gasteiger charge is -2.12. The van der Waals surface area contributed by atoms with E-state index in [-0.39, 0.29) is 12.4 Å². The molecule has 2 aromatic carbocycles. The fourth-order valence-corrected chi connectivity index (χ4v) is 3.69. The highest BCUT2D eigenvalue weighted by Crippen LogP contribution is 2.28. The number of rotatable bonds is 6. The standard InChI is InChI=1S/C22H20N2O2S/c1-14-7-9-17(10-8-14)19-13-27-22(24-19)18(11-23)20(25)12-26-21-15(2)5-4-6-16(21)3/h4-10,13,18H,12H2,1-3H3. The number of ketones is 1. The molecule has 3 rings (SSSR count). The quantitative estimate of drug-likeness (QED) is 0.608. The van der Waals surface area contributed by atoms with Crippen LogP contribution in [0.2, 0.25) is 0 Å². The number of Topliss-reactive ketones (excluding diaryl/α,β-unsaturated/α-hetero) is 1. The number of hydrogen-bond donors (Lipinski definition) is 0. The van der Waals surface area contributed by atoms with Crippen molar-refractivity contribution in [2.24, 2.45) is 0 Å². The fourth-order valence-electron chi connectivity index (χ4n) is 2.80. The summed E-state index contributed by atoms with van der Waals surface area (Å²) in [6.45, 7) is 5.74. The molecule has 0 N–H and O–H groups in total. The first-order valence-corrected chi connectivity index (χ1v) is 9.51. The van der Waals surface area contributed by atoms with Gasteiger partial charge in [0, 0.05) is 10.9 Å². The molecule has 1 heterocycles. The Hall–Kier alpha value is -2.97. The number of aryl methyl sites for hydroxylation is 3. The molecule has 0 fully saturated rings. The number of para-hydroxylation sites is 1. The Kier molecular flexibility index (Phi) is 5.68. The van der Waals surface area contributed by atoms with Gasteiger partial charge in [-0.2, -0.15) is 5.26 Å². The molecular formula is C22H20N2O2S. The van der Waals surface area contributed by atoms with Gasteiger partial charge in [0.25, 0.3) is 0 Å². The SMILES string of the molecule is Cc1ccc(-c2csc(C(C#N)C(=O)COc3c(C)cccc3C)n2)cc1. The van der Waals surface area contributed by atoms with E-state index in [0.29, 0.717) is 10.8 Å². The lowest BCUT2D eigenvalue weighted by atomic mass is 10.1. The number of ether oxygens (including phenoxy) is 1. The predicted octanol–water partition coefficient (Wildman–Crippen LogP) is 4.99. The second-order valence-electron chi connectivity index (χ2n) is 6.48. The van der Waals surface area contributed by atoms with Crippen molar-refractivity contribution in [3.05, 3.63) is 69.5 Å². The summed E-state index contributed by atoms with van der Waals surface area (Å²) in [7, 11) is 0. The molecule has 0 spiro atoms. The van der Waals surface area contributed by atoms with Gasteiger partial charge in [-0.05, 0) is 31.9 Å². The molecule has 27 heavy (non-hydrogen) atoms. The monoisotopic (exact) mass is 376 g/mol. The van der Waals surface area contributed by atoms with Crippen molar-refractivity contribution in [1.82, 2.24) is 4.98 Å². The van der Waals surface area contributed by atoms with Gasteiger partial charge in [0.05, 0.1) is 11.8 Å². The largest absolute Gasteiger partial charge is 0.485 e. The zero-order chi connectivity index (χ0) is 19.4. The minimum atomic E-state index is -0.918. The van der Waals surface area contributed by atoms with E-state index in [9.17, 15) is 10.1 Å². The van der Waals surface area contributed by atoms with Gasteiger partial charge in [0.15, 0.2) is 11.7 Å². The van der Waals surface area contributed by atoms with Crippen molar-refractivity contribution in [2.75, 3.05) is 6.61 Å². The highest BCUT2D eigenvalue weighted by Gasteiger charge is 2.24. The number of carbonyl (C=O) groups is 1. The van der Waals surface area contributed by atoms with Crippen molar-refractivity contribution in [3.63, 3.8) is 0 Å². The zero-order valence-electron chi connectivity index (χ0n) is 15.5. The van der Waals surface area contributed by atoms with Crippen molar-refractivity contribution < 1.29 is 9.53 Å². The Morgan fingerprint density at radius 3 is 2.44 bits per heavy atom. The number of benzene rings is 2. The fraction of sp³-hybridized carbons (Fsp3) is 0.227. The van der Waals surface area contributed by atoms with E-state index < -0.39 is 5.92 Å². The topological polar surface area (TPSA) is 63.0 Å². The first-order chi connectivity index (χ1) is 13.0. The summed E-state index contributed by atoms with van der Waals surface area (Å²) in [4.78, 5) is 17.1. The third kappa shape index (κ3) is 4.24. The Balaban J connectivity index is 1.74. The third-order valence-corrected chi connectivity index (χ3v) is 5.24. The van der Waals surface area contributed by atoms with Crippen LogP contribution in [0.1, 0.15) is 27.6 Å². The smallest absolute Gasteiger partial charge is 0.194 e. The maximum atomic E-state index is 12.6. The molecule has 0 amide bonds. The van der Waals surface area contributed by atoms with Crippen LogP contribution in [-0.2, 0) is 4.79 Å². The van der Waals surface area contributed by atoms with Gasteiger partial charge in [-0.15, -0.1) is 11.3 Å². The van der Waals surface area contributed by atoms with Gasteiger partial charge < -0.3 is 4.74 Å². The number of thiazole rings is 1. The lowest BCUT2D eigenvalue weighted by Crippen LogP contribution is -2.19. The molecule has 0 saturated heterocycles. The van der Waals surface area contributed by atoms with Crippen LogP contribution in [-0.4, -0.2) is 17.4 Å².